The molecule has 1 fully saturated rings. The zero-order chi connectivity index (χ0) is 23.3. The molecule has 1 N–H and O–H groups in total. The summed E-state index contributed by atoms with van der Waals surface area (Å²) in [5.41, 5.74) is 1.05. The van der Waals surface area contributed by atoms with Crippen LogP contribution in [0.3, 0.4) is 0 Å². The second kappa shape index (κ2) is 10.3. The first-order valence-corrected chi connectivity index (χ1v) is 12.1. The highest BCUT2D eigenvalue weighted by Crippen LogP contribution is 2.24. The fraction of sp³-hybridized carbons (Fsp3) is 0.348. The van der Waals surface area contributed by atoms with Gasteiger partial charge in [-0.15, -0.1) is 0 Å². The lowest BCUT2D eigenvalue weighted by Crippen LogP contribution is -2.40. The van der Waals surface area contributed by atoms with Crippen LogP contribution in [0.4, 0.5) is 5.69 Å². The fourth-order valence-corrected chi connectivity index (χ4v) is 5.36. The summed E-state index contributed by atoms with van der Waals surface area (Å²) in [5.74, 6) is 1.18. The summed E-state index contributed by atoms with van der Waals surface area (Å²) < 4.78 is 43.7. The normalized spacial score (nSPS) is 15.1. The summed E-state index contributed by atoms with van der Waals surface area (Å²) in [6, 6.07) is 12.2. The average Bonchev–Trinajstić information content (AvgIpc) is 3.50. The van der Waals surface area contributed by atoms with Gasteiger partial charge in [-0.3, -0.25) is 9.69 Å². The van der Waals surface area contributed by atoms with Gasteiger partial charge in [0.15, 0.2) is 0 Å². The maximum absolute atomic E-state index is 13.1. The quantitative estimate of drug-likeness (QED) is 0.509. The molecule has 2 aromatic heterocycles. The number of morpholine rings is 1. The molecule has 0 aliphatic carbocycles. The van der Waals surface area contributed by atoms with Gasteiger partial charge in [-0.05, 0) is 48.9 Å². The van der Waals surface area contributed by atoms with Crippen LogP contribution in [0.2, 0.25) is 0 Å². The molecule has 0 saturated carbocycles. The van der Waals surface area contributed by atoms with Gasteiger partial charge in [-0.2, -0.15) is 4.31 Å². The molecule has 1 saturated heterocycles. The van der Waals surface area contributed by atoms with Crippen molar-refractivity contribution in [2.24, 2.45) is 0 Å². The third-order valence-corrected chi connectivity index (χ3v) is 7.39. The van der Waals surface area contributed by atoms with E-state index in [4.69, 9.17) is 13.6 Å². The third-order valence-electron chi connectivity index (χ3n) is 5.35. The molecule has 4 rings (SSSR count). The van der Waals surface area contributed by atoms with Gasteiger partial charge in [0, 0.05) is 18.8 Å². The van der Waals surface area contributed by atoms with Gasteiger partial charge in [0.1, 0.15) is 11.5 Å². The fourth-order valence-electron chi connectivity index (χ4n) is 3.70. The monoisotopic (exact) mass is 473 g/mol. The van der Waals surface area contributed by atoms with E-state index in [1.165, 1.54) is 10.4 Å². The highest BCUT2D eigenvalue weighted by atomic mass is 32.2. The largest absolute Gasteiger partial charge is 0.468 e. The lowest BCUT2D eigenvalue weighted by molar-refractivity contribution is -0.117. The van der Waals surface area contributed by atoms with Crippen molar-refractivity contribution in [3.05, 3.63) is 72.1 Å². The Labute approximate surface area is 193 Å². The number of hydrogen-bond donors (Lipinski definition) is 1. The molecule has 0 unspecified atom stereocenters. The van der Waals surface area contributed by atoms with Gasteiger partial charge in [0.25, 0.3) is 0 Å². The predicted molar refractivity (Wildman–Crippen MR) is 121 cm³/mol. The standard InChI is InChI=1S/C23H27N3O6S/c1-18-6-7-19(14-22(18)33(28,29)26-8-12-30-13-9-26)24-23(27)17-25(15-20-4-2-10-31-20)16-21-5-3-11-32-21/h2-7,10-11,14H,8-9,12-13,15-17H2,1H3,(H,24,27). The topological polar surface area (TPSA) is 105 Å². The zero-order valence-electron chi connectivity index (χ0n) is 18.4. The number of amides is 1. The van der Waals surface area contributed by atoms with Crippen molar-refractivity contribution < 1.29 is 26.8 Å². The van der Waals surface area contributed by atoms with Crippen LogP contribution in [0, 0.1) is 6.92 Å². The number of furan rings is 2. The van der Waals surface area contributed by atoms with Gasteiger partial charge in [-0.25, -0.2) is 8.42 Å². The number of ether oxygens (including phenoxy) is 1. The molecular weight excluding hydrogens is 446 g/mol. The highest BCUT2D eigenvalue weighted by molar-refractivity contribution is 7.89. The number of hydrogen-bond acceptors (Lipinski definition) is 7. The summed E-state index contributed by atoms with van der Waals surface area (Å²) in [6.07, 6.45) is 3.17. The molecule has 1 amide bonds. The van der Waals surface area contributed by atoms with E-state index < -0.39 is 10.0 Å². The molecule has 10 heteroatoms. The minimum absolute atomic E-state index is 0.0703. The van der Waals surface area contributed by atoms with Gasteiger partial charge < -0.3 is 18.9 Å². The van der Waals surface area contributed by atoms with E-state index in [-0.39, 0.29) is 17.3 Å². The molecule has 0 spiro atoms. The van der Waals surface area contributed by atoms with Crippen molar-refractivity contribution in [2.45, 2.75) is 24.9 Å². The van der Waals surface area contributed by atoms with E-state index in [1.807, 2.05) is 17.0 Å². The summed E-state index contributed by atoms with van der Waals surface area (Å²) in [5, 5.41) is 2.82. The molecule has 33 heavy (non-hydrogen) atoms. The lowest BCUT2D eigenvalue weighted by atomic mass is 10.2. The number of sulfonamides is 1. The van der Waals surface area contributed by atoms with Crippen LogP contribution in [0.1, 0.15) is 17.1 Å². The molecule has 0 radical (unpaired) electrons. The Morgan fingerprint density at radius 2 is 1.67 bits per heavy atom. The summed E-state index contributed by atoms with van der Waals surface area (Å²) in [7, 11) is -3.68. The Bertz CT molecular complexity index is 1120. The van der Waals surface area contributed by atoms with Gasteiger partial charge in [0.05, 0.1) is 50.3 Å². The Kier molecular flexibility index (Phi) is 7.29. The molecule has 1 aromatic carbocycles. The smallest absolute Gasteiger partial charge is 0.243 e. The Balaban J connectivity index is 1.47. The van der Waals surface area contributed by atoms with Crippen LogP contribution in [-0.4, -0.2) is 56.4 Å². The minimum atomic E-state index is -3.68. The first-order chi connectivity index (χ1) is 15.9. The zero-order valence-corrected chi connectivity index (χ0v) is 19.2. The van der Waals surface area contributed by atoms with Crippen LogP contribution in [0.15, 0.2) is 68.7 Å². The second-order valence-electron chi connectivity index (χ2n) is 7.85. The highest BCUT2D eigenvalue weighted by Gasteiger charge is 2.28. The van der Waals surface area contributed by atoms with Crippen LogP contribution < -0.4 is 5.32 Å². The number of carbonyl (C=O) groups is 1. The Morgan fingerprint density at radius 1 is 1.03 bits per heavy atom. The summed E-state index contributed by atoms with van der Waals surface area (Å²) in [4.78, 5) is 14.9. The van der Waals surface area contributed by atoms with Gasteiger partial charge in [-0.1, -0.05) is 6.07 Å². The molecule has 3 heterocycles. The van der Waals surface area contributed by atoms with E-state index >= 15 is 0 Å². The molecule has 1 aliphatic heterocycles. The van der Waals surface area contributed by atoms with E-state index in [9.17, 15) is 13.2 Å². The predicted octanol–water partition coefficient (Wildman–Crippen LogP) is 2.84. The molecule has 176 valence electrons. The average molecular weight is 474 g/mol. The SMILES string of the molecule is Cc1ccc(NC(=O)CN(Cc2ccco2)Cc2ccco2)cc1S(=O)(=O)N1CCOCC1. The number of nitrogens with zero attached hydrogens (tertiary/aromatic N) is 2. The maximum Gasteiger partial charge on any atom is 0.243 e. The maximum atomic E-state index is 13.1. The molecular formula is C23H27N3O6S. The third kappa shape index (κ3) is 5.91. The molecule has 1 aliphatic rings. The number of aryl methyl sites for hydroxylation is 1. The minimum Gasteiger partial charge on any atom is -0.468 e. The number of nitrogens with one attached hydrogen (secondary N) is 1. The van der Waals surface area contributed by atoms with Crippen LogP contribution in [0.25, 0.3) is 0 Å². The van der Waals surface area contributed by atoms with E-state index in [1.54, 1.807) is 43.7 Å². The number of rotatable bonds is 9. The van der Waals surface area contributed by atoms with E-state index in [0.29, 0.717) is 50.6 Å². The number of carbonyl (C=O) groups excluding carboxylic acids is 1. The van der Waals surface area contributed by atoms with Gasteiger partial charge >= 0.3 is 0 Å². The summed E-state index contributed by atoms with van der Waals surface area (Å²) >= 11 is 0. The number of benzene rings is 1. The lowest BCUT2D eigenvalue weighted by Gasteiger charge is -2.27. The van der Waals surface area contributed by atoms with Crippen LogP contribution >= 0.6 is 0 Å². The van der Waals surface area contributed by atoms with Crippen LogP contribution in [-0.2, 0) is 32.6 Å². The first kappa shape index (κ1) is 23.2. The van der Waals surface area contributed by atoms with Crippen molar-refractivity contribution in [3.63, 3.8) is 0 Å². The molecule has 3 aromatic rings. The van der Waals surface area contributed by atoms with Gasteiger partial charge in [0.2, 0.25) is 15.9 Å². The Morgan fingerprint density at radius 3 is 2.24 bits per heavy atom. The van der Waals surface area contributed by atoms with Crippen molar-refractivity contribution in [3.8, 4) is 0 Å². The molecule has 0 atom stereocenters. The van der Waals surface area contributed by atoms with Crippen LogP contribution in [0.5, 0.6) is 0 Å². The number of anilines is 1. The molecule has 0 bridgehead atoms. The Hall–Kier alpha value is -2.92. The van der Waals surface area contributed by atoms with E-state index in [2.05, 4.69) is 5.32 Å². The van der Waals surface area contributed by atoms with Crippen molar-refractivity contribution in [1.82, 2.24) is 9.21 Å². The van der Waals surface area contributed by atoms with Crippen molar-refractivity contribution in [2.75, 3.05) is 38.2 Å². The molecule has 9 nitrogen and oxygen atoms in total. The van der Waals surface area contributed by atoms with E-state index in [0.717, 1.165) is 11.5 Å². The van der Waals surface area contributed by atoms with Crippen molar-refractivity contribution >= 4 is 21.6 Å². The van der Waals surface area contributed by atoms with Crippen molar-refractivity contribution in [1.29, 1.82) is 0 Å². The summed E-state index contributed by atoms with van der Waals surface area (Å²) in [6.45, 7) is 4.02. The first-order valence-electron chi connectivity index (χ1n) is 10.7. The second-order valence-corrected chi connectivity index (χ2v) is 9.76.